The standard InChI is InChI=1S/C10H15NO5S/c1-14-6-7-4-5-8(15-2)9(16-3)10(7)17(11,12)13/h4-5H,6H2,1-3H3,(H2,11,12,13). The molecule has 96 valence electrons. The van der Waals surface area contributed by atoms with E-state index in [-0.39, 0.29) is 17.3 Å². The van der Waals surface area contributed by atoms with Crippen LogP contribution in [0.25, 0.3) is 0 Å². The van der Waals surface area contributed by atoms with Crippen molar-refractivity contribution in [3.63, 3.8) is 0 Å². The molecule has 6 nitrogen and oxygen atoms in total. The van der Waals surface area contributed by atoms with E-state index in [4.69, 9.17) is 19.3 Å². The Morgan fingerprint density at radius 2 is 1.82 bits per heavy atom. The summed E-state index contributed by atoms with van der Waals surface area (Å²) in [6.07, 6.45) is 0. The number of sulfonamides is 1. The van der Waals surface area contributed by atoms with Crippen molar-refractivity contribution >= 4 is 10.0 Å². The van der Waals surface area contributed by atoms with E-state index in [1.165, 1.54) is 21.3 Å². The fraction of sp³-hybridized carbons (Fsp3) is 0.400. The maximum absolute atomic E-state index is 11.6. The average Bonchev–Trinajstić information content (AvgIpc) is 2.27. The molecule has 0 radical (unpaired) electrons. The average molecular weight is 261 g/mol. The number of primary sulfonamides is 1. The summed E-state index contributed by atoms with van der Waals surface area (Å²) in [5.74, 6) is 0.390. The zero-order valence-electron chi connectivity index (χ0n) is 9.89. The summed E-state index contributed by atoms with van der Waals surface area (Å²) in [7, 11) is 0.314. The molecular formula is C10H15NO5S. The number of hydrogen-bond acceptors (Lipinski definition) is 5. The summed E-state index contributed by atoms with van der Waals surface area (Å²) in [6.45, 7) is 0.117. The van der Waals surface area contributed by atoms with Crippen LogP contribution in [0.3, 0.4) is 0 Å². The van der Waals surface area contributed by atoms with Gasteiger partial charge in [0.2, 0.25) is 10.0 Å². The van der Waals surface area contributed by atoms with Gasteiger partial charge in [-0.1, -0.05) is 6.07 Å². The minimum atomic E-state index is -3.92. The van der Waals surface area contributed by atoms with Crippen molar-refractivity contribution in [3.05, 3.63) is 17.7 Å². The van der Waals surface area contributed by atoms with E-state index >= 15 is 0 Å². The third-order valence-electron chi connectivity index (χ3n) is 2.17. The smallest absolute Gasteiger partial charge is 0.242 e. The quantitative estimate of drug-likeness (QED) is 0.833. The van der Waals surface area contributed by atoms with E-state index < -0.39 is 10.0 Å². The number of hydrogen-bond donors (Lipinski definition) is 1. The third-order valence-corrected chi connectivity index (χ3v) is 3.18. The predicted octanol–water partition coefficient (Wildman–Crippen LogP) is 0.498. The van der Waals surface area contributed by atoms with Gasteiger partial charge in [0.25, 0.3) is 0 Å². The Balaban J connectivity index is 3.56. The van der Waals surface area contributed by atoms with Crippen molar-refractivity contribution in [2.45, 2.75) is 11.5 Å². The zero-order valence-corrected chi connectivity index (χ0v) is 10.7. The first-order valence-electron chi connectivity index (χ1n) is 4.71. The molecule has 0 saturated heterocycles. The molecule has 1 aromatic carbocycles. The molecule has 2 N–H and O–H groups in total. The highest BCUT2D eigenvalue weighted by atomic mass is 32.2. The third kappa shape index (κ3) is 2.87. The molecule has 0 bridgehead atoms. The largest absolute Gasteiger partial charge is 0.493 e. The molecular weight excluding hydrogens is 246 g/mol. The molecule has 0 aliphatic rings. The van der Waals surface area contributed by atoms with Crippen molar-refractivity contribution in [2.24, 2.45) is 5.14 Å². The summed E-state index contributed by atoms with van der Waals surface area (Å²) >= 11 is 0. The minimum absolute atomic E-state index is 0.0875. The Kier molecular flexibility index (Phi) is 4.33. The van der Waals surface area contributed by atoms with Crippen LogP contribution < -0.4 is 14.6 Å². The van der Waals surface area contributed by atoms with Crippen LogP contribution in [0.4, 0.5) is 0 Å². The van der Waals surface area contributed by atoms with Gasteiger partial charge in [0.1, 0.15) is 4.90 Å². The molecule has 0 saturated carbocycles. The lowest BCUT2D eigenvalue weighted by Gasteiger charge is -2.14. The maximum atomic E-state index is 11.6. The van der Waals surface area contributed by atoms with Gasteiger partial charge in [-0.15, -0.1) is 0 Å². The Labute approximate surface area is 100 Å². The minimum Gasteiger partial charge on any atom is -0.493 e. The normalized spacial score (nSPS) is 11.3. The second-order valence-corrected chi connectivity index (χ2v) is 4.77. The van der Waals surface area contributed by atoms with Gasteiger partial charge in [0, 0.05) is 12.7 Å². The maximum Gasteiger partial charge on any atom is 0.242 e. The lowest BCUT2D eigenvalue weighted by atomic mass is 10.2. The Bertz CT molecular complexity index is 498. The van der Waals surface area contributed by atoms with Crippen LogP contribution in [-0.2, 0) is 21.4 Å². The van der Waals surface area contributed by atoms with Gasteiger partial charge in [-0.2, -0.15) is 0 Å². The molecule has 0 fully saturated rings. The van der Waals surface area contributed by atoms with Crippen LogP contribution in [0.1, 0.15) is 5.56 Å². The second kappa shape index (κ2) is 5.35. The summed E-state index contributed by atoms with van der Waals surface area (Å²) in [6, 6.07) is 3.17. The molecule has 0 heterocycles. The molecule has 17 heavy (non-hydrogen) atoms. The number of ether oxygens (including phenoxy) is 3. The van der Waals surface area contributed by atoms with Gasteiger partial charge in [0.15, 0.2) is 11.5 Å². The van der Waals surface area contributed by atoms with Crippen LogP contribution in [0.15, 0.2) is 17.0 Å². The lowest BCUT2D eigenvalue weighted by Crippen LogP contribution is -2.16. The van der Waals surface area contributed by atoms with E-state index in [1.54, 1.807) is 12.1 Å². The highest BCUT2D eigenvalue weighted by molar-refractivity contribution is 7.89. The van der Waals surface area contributed by atoms with Crippen molar-refractivity contribution in [2.75, 3.05) is 21.3 Å². The fourth-order valence-corrected chi connectivity index (χ4v) is 2.46. The zero-order chi connectivity index (χ0) is 13.1. The van der Waals surface area contributed by atoms with Gasteiger partial charge in [0.05, 0.1) is 20.8 Å². The van der Waals surface area contributed by atoms with Crippen molar-refractivity contribution < 1.29 is 22.6 Å². The molecule has 0 aliphatic carbocycles. The van der Waals surface area contributed by atoms with E-state index in [9.17, 15) is 8.42 Å². The van der Waals surface area contributed by atoms with Crippen molar-refractivity contribution in [3.8, 4) is 11.5 Å². The van der Waals surface area contributed by atoms with Crippen molar-refractivity contribution in [1.82, 2.24) is 0 Å². The van der Waals surface area contributed by atoms with Crippen LogP contribution in [0.2, 0.25) is 0 Å². The summed E-state index contributed by atoms with van der Waals surface area (Å²) < 4.78 is 38.1. The van der Waals surface area contributed by atoms with Gasteiger partial charge in [-0.3, -0.25) is 0 Å². The van der Waals surface area contributed by atoms with Crippen LogP contribution in [0.5, 0.6) is 11.5 Å². The van der Waals surface area contributed by atoms with Crippen LogP contribution in [0, 0.1) is 0 Å². The Morgan fingerprint density at radius 3 is 2.24 bits per heavy atom. The summed E-state index contributed by atoms with van der Waals surface area (Å²) in [5, 5.41) is 5.17. The van der Waals surface area contributed by atoms with E-state index in [1.807, 2.05) is 0 Å². The topological polar surface area (TPSA) is 87.8 Å². The molecule has 0 spiro atoms. The summed E-state index contributed by atoms with van der Waals surface area (Å²) in [4.78, 5) is -0.110. The first-order chi connectivity index (χ1) is 7.95. The molecule has 0 amide bonds. The first-order valence-corrected chi connectivity index (χ1v) is 6.26. The lowest BCUT2D eigenvalue weighted by molar-refractivity contribution is 0.182. The highest BCUT2D eigenvalue weighted by Gasteiger charge is 2.23. The van der Waals surface area contributed by atoms with E-state index in [0.717, 1.165) is 0 Å². The van der Waals surface area contributed by atoms with Gasteiger partial charge < -0.3 is 14.2 Å². The van der Waals surface area contributed by atoms with Gasteiger partial charge >= 0.3 is 0 Å². The summed E-state index contributed by atoms with van der Waals surface area (Å²) in [5.41, 5.74) is 0.424. The first kappa shape index (κ1) is 13.8. The number of methoxy groups -OCH3 is 3. The number of rotatable bonds is 5. The number of nitrogens with two attached hydrogens (primary N) is 1. The van der Waals surface area contributed by atoms with Gasteiger partial charge in [-0.25, -0.2) is 13.6 Å². The predicted molar refractivity (Wildman–Crippen MR) is 61.6 cm³/mol. The van der Waals surface area contributed by atoms with Gasteiger partial charge in [-0.05, 0) is 6.07 Å². The SMILES string of the molecule is COCc1ccc(OC)c(OC)c1S(N)(=O)=O. The molecule has 1 aromatic rings. The van der Waals surface area contributed by atoms with Crippen LogP contribution >= 0.6 is 0 Å². The van der Waals surface area contributed by atoms with E-state index in [2.05, 4.69) is 0 Å². The molecule has 0 aromatic heterocycles. The molecule has 0 unspecified atom stereocenters. The highest BCUT2D eigenvalue weighted by Crippen LogP contribution is 2.36. The molecule has 7 heteroatoms. The number of benzene rings is 1. The fourth-order valence-electron chi connectivity index (χ4n) is 1.52. The second-order valence-electron chi connectivity index (χ2n) is 3.27. The molecule has 0 atom stereocenters. The van der Waals surface area contributed by atoms with Crippen LogP contribution in [-0.4, -0.2) is 29.7 Å². The molecule has 1 rings (SSSR count). The van der Waals surface area contributed by atoms with Crippen molar-refractivity contribution in [1.29, 1.82) is 0 Å². The van der Waals surface area contributed by atoms with E-state index in [0.29, 0.717) is 11.3 Å². The monoisotopic (exact) mass is 261 g/mol. The Morgan fingerprint density at radius 1 is 1.18 bits per heavy atom. The molecule has 0 aliphatic heterocycles. The Hall–Kier alpha value is -1.31.